The molecule has 0 aliphatic heterocycles. The van der Waals surface area contributed by atoms with E-state index in [1.165, 1.54) is 212 Å². The average molecular weight is 951 g/mol. The molecule has 396 valence electrons. The molecule has 0 amide bonds. The SMILES string of the molecule is CCCCCCCCCCCCCCCCCC(=O)OCC(COC(=O)CCCCCCCCCCCCCCCCC)(COC(=O)CCCCCCCCCCCCCCCCC)[N+](=O)[O-]. The first kappa shape index (κ1) is 64.8. The van der Waals surface area contributed by atoms with E-state index in [-0.39, 0.29) is 19.3 Å². The van der Waals surface area contributed by atoms with Crippen LogP contribution in [0.4, 0.5) is 0 Å². The summed E-state index contributed by atoms with van der Waals surface area (Å²) in [7, 11) is 0. The van der Waals surface area contributed by atoms with Crippen LogP contribution >= 0.6 is 0 Å². The molecular weight excluding hydrogens is 839 g/mol. The van der Waals surface area contributed by atoms with Crippen molar-refractivity contribution in [2.24, 2.45) is 0 Å². The minimum absolute atomic E-state index is 0.171. The monoisotopic (exact) mass is 950 g/mol. The van der Waals surface area contributed by atoms with Crippen LogP contribution in [0.5, 0.6) is 0 Å². The van der Waals surface area contributed by atoms with E-state index in [9.17, 15) is 24.5 Å². The van der Waals surface area contributed by atoms with E-state index >= 15 is 0 Å². The number of unbranched alkanes of at least 4 members (excludes halogenated alkanes) is 42. The highest BCUT2D eigenvalue weighted by Gasteiger charge is 2.48. The van der Waals surface area contributed by atoms with Crippen molar-refractivity contribution in [3.8, 4) is 0 Å². The number of carbonyl (C=O) groups excluding carboxylic acids is 3. The lowest BCUT2D eigenvalue weighted by Gasteiger charge is -2.24. The summed E-state index contributed by atoms with van der Waals surface area (Å²) < 4.78 is 16.4. The topological polar surface area (TPSA) is 122 Å². The third-order valence-corrected chi connectivity index (χ3v) is 13.8. The van der Waals surface area contributed by atoms with Crippen molar-refractivity contribution in [2.45, 2.75) is 335 Å². The maximum Gasteiger partial charge on any atom is 0.321 e. The number of hydrogen-bond donors (Lipinski definition) is 0. The van der Waals surface area contributed by atoms with E-state index in [2.05, 4.69) is 20.8 Å². The quantitative estimate of drug-likeness (QED) is 0.0194. The molecule has 0 aliphatic carbocycles. The number of nitrogens with zero attached hydrogens (tertiary/aromatic N) is 1. The van der Waals surface area contributed by atoms with Gasteiger partial charge in [0.15, 0.2) is 19.8 Å². The van der Waals surface area contributed by atoms with Crippen molar-refractivity contribution in [1.82, 2.24) is 0 Å². The van der Waals surface area contributed by atoms with Crippen molar-refractivity contribution in [3.05, 3.63) is 10.1 Å². The van der Waals surface area contributed by atoms with Gasteiger partial charge >= 0.3 is 23.4 Å². The predicted molar refractivity (Wildman–Crippen MR) is 281 cm³/mol. The Morgan fingerprint density at radius 1 is 0.299 bits per heavy atom. The highest BCUT2D eigenvalue weighted by Crippen LogP contribution is 2.20. The second-order valence-electron chi connectivity index (χ2n) is 20.6. The van der Waals surface area contributed by atoms with Gasteiger partial charge in [-0.2, -0.15) is 0 Å². The van der Waals surface area contributed by atoms with Crippen molar-refractivity contribution in [2.75, 3.05) is 19.8 Å². The summed E-state index contributed by atoms with van der Waals surface area (Å²) in [5.74, 6) is -1.56. The van der Waals surface area contributed by atoms with Crippen molar-refractivity contribution in [3.63, 3.8) is 0 Å². The molecule has 0 unspecified atom stereocenters. The molecule has 0 aromatic heterocycles. The van der Waals surface area contributed by atoms with Crippen LogP contribution in [0, 0.1) is 10.1 Å². The fourth-order valence-electron chi connectivity index (χ4n) is 9.07. The van der Waals surface area contributed by atoms with E-state index in [4.69, 9.17) is 14.2 Å². The van der Waals surface area contributed by atoms with Crippen LogP contribution in [-0.4, -0.2) is 48.2 Å². The summed E-state index contributed by atoms with van der Waals surface area (Å²) in [6.07, 6.45) is 55.5. The van der Waals surface area contributed by atoms with Crippen LogP contribution in [0.2, 0.25) is 0 Å². The van der Waals surface area contributed by atoms with Crippen LogP contribution < -0.4 is 0 Å². The van der Waals surface area contributed by atoms with Gasteiger partial charge in [-0.1, -0.05) is 290 Å². The predicted octanol–water partition coefficient (Wildman–Crippen LogP) is 18.4. The summed E-state index contributed by atoms with van der Waals surface area (Å²) in [4.78, 5) is 50.4. The molecule has 0 rings (SSSR count). The van der Waals surface area contributed by atoms with E-state index in [0.29, 0.717) is 19.3 Å². The summed E-state index contributed by atoms with van der Waals surface area (Å²) in [6, 6.07) is 0. The molecule has 67 heavy (non-hydrogen) atoms. The zero-order valence-corrected chi connectivity index (χ0v) is 44.8. The van der Waals surface area contributed by atoms with Crippen LogP contribution in [0.3, 0.4) is 0 Å². The Labute approximate surface area is 414 Å². The lowest BCUT2D eigenvalue weighted by Crippen LogP contribution is -2.52. The molecule has 0 atom stereocenters. The second-order valence-corrected chi connectivity index (χ2v) is 20.6. The molecular formula is C58H111NO8. The van der Waals surface area contributed by atoms with E-state index in [1.807, 2.05) is 0 Å². The zero-order valence-electron chi connectivity index (χ0n) is 44.8. The zero-order chi connectivity index (χ0) is 49.0. The van der Waals surface area contributed by atoms with Gasteiger partial charge in [-0.3, -0.25) is 24.5 Å². The van der Waals surface area contributed by atoms with Crippen LogP contribution in [0.15, 0.2) is 0 Å². The summed E-state index contributed by atoms with van der Waals surface area (Å²) >= 11 is 0. The van der Waals surface area contributed by atoms with Gasteiger partial charge < -0.3 is 14.2 Å². The lowest BCUT2D eigenvalue weighted by molar-refractivity contribution is -0.579. The average Bonchev–Trinajstić information content (AvgIpc) is 3.32. The molecule has 0 heterocycles. The Kier molecular flexibility index (Phi) is 50.0. The van der Waals surface area contributed by atoms with Gasteiger partial charge in [-0.15, -0.1) is 0 Å². The molecule has 0 aromatic rings. The molecule has 0 radical (unpaired) electrons. The summed E-state index contributed by atoms with van der Waals surface area (Å²) in [5.41, 5.74) is -2.06. The Balaban J connectivity index is 4.65. The Morgan fingerprint density at radius 3 is 0.597 bits per heavy atom. The van der Waals surface area contributed by atoms with Crippen LogP contribution in [0.25, 0.3) is 0 Å². The first-order valence-electron chi connectivity index (χ1n) is 29.4. The van der Waals surface area contributed by atoms with Crippen LogP contribution in [0.1, 0.15) is 329 Å². The molecule has 0 fully saturated rings. The van der Waals surface area contributed by atoms with Gasteiger partial charge in [0.25, 0.3) is 0 Å². The third kappa shape index (κ3) is 46.0. The maximum atomic E-state index is 12.8. The van der Waals surface area contributed by atoms with Gasteiger partial charge in [0.2, 0.25) is 0 Å². The number of nitro groups is 1. The second kappa shape index (κ2) is 51.7. The molecule has 0 N–H and O–H groups in total. The van der Waals surface area contributed by atoms with Gasteiger partial charge in [-0.25, -0.2) is 0 Å². The van der Waals surface area contributed by atoms with Crippen molar-refractivity contribution >= 4 is 17.9 Å². The van der Waals surface area contributed by atoms with E-state index < -0.39 is 48.2 Å². The lowest BCUT2D eigenvalue weighted by atomic mass is 10.0. The third-order valence-electron chi connectivity index (χ3n) is 13.8. The first-order valence-corrected chi connectivity index (χ1v) is 29.4. The largest absolute Gasteiger partial charge is 0.458 e. The Bertz CT molecular complexity index is 977. The van der Waals surface area contributed by atoms with Gasteiger partial charge in [0.1, 0.15) is 0 Å². The molecule has 9 heteroatoms. The van der Waals surface area contributed by atoms with E-state index in [0.717, 1.165) is 57.8 Å². The van der Waals surface area contributed by atoms with Crippen LogP contribution in [-0.2, 0) is 28.6 Å². The smallest absolute Gasteiger partial charge is 0.321 e. The molecule has 0 aliphatic rings. The van der Waals surface area contributed by atoms with E-state index in [1.54, 1.807) is 0 Å². The molecule has 9 nitrogen and oxygen atoms in total. The standard InChI is InChI=1S/C58H111NO8/c1-4-7-10-13-16-19-22-25-28-31-34-37-40-43-46-49-55(60)65-52-58(59(63)64,53-66-56(61)50-47-44-41-38-35-32-29-26-23-20-17-14-11-8-5-2)54-67-57(62)51-48-45-42-39-36-33-30-27-24-21-18-15-12-9-6-3/h4-54H2,1-3H3. The number of carbonyl (C=O) groups is 3. The fourth-order valence-corrected chi connectivity index (χ4v) is 9.07. The summed E-state index contributed by atoms with van der Waals surface area (Å²) in [5, 5.41) is 12.6. The number of esters is 3. The first-order chi connectivity index (χ1) is 32.8. The maximum absolute atomic E-state index is 12.8. The van der Waals surface area contributed by atoms with Gasteiger partial charge in [0, 0.05) is 24.2 Å². The highest BCUT2D eigenvalue weighted by molar-refractivity contribution is 5.70. The molecule has 0 spiro atoms. The highest BCUT2D eigenvalue weighted by atomic mass is 16.7. The number of rotatable bonds is 55. The minimum Gasteiger partial charge on any atom is -0.458 e. The Morgan fingerprint density at radius 2 is 0.448 bits per heavy atom. The number of ether oxygens (including phenoxy) is 3. The fraction of sp³-hybridized carbons (Fsp3) is 0.948. The molecule has 0 saturated carbocycles. The Hall–Kier alpha value is -2.19. The number of hydrogen-bond acceptors (Lipinski definition) is 8. The minimum atomic E-state index is -2.06. The van der Waals surface area contributed by atoms with Gasteiger partial charge in [0.05, 0.1) is 0 Å². The summed E-state index contributed by atoms with van der Waals surface area (Å²) in [6.45, 7) is 4.93. The molecule has 0 aromatic carbocycles. The van der Waals surface area contributed by atoms with Gasteiger partial charge in [-0.05, 0) is 19.3 Å². The van der Waals surface area contributed by atoms with Crippen molar-refractivity contribution < 1.29 is 33.5 Å². The molecule has 0 saturated heterocycles. The normalized spacial score (nSPS) is 11.6. The van der Waals surface area contributed by atoms with Crippen molar-refractivity contribution in [1.29, 1.82) is 0 Å². The molecule has 0 bridgehead atoms.